The summed E-state index contributed by atoms with van der Waals surface area (Å²) < 4.78 is 2.86. The second kappa shape index (κ2) is 8.81. The normalized spacial score (nSPS) is 11.0. The summed E-state index contributed by atoms with van der Waals surface area (Å²) in [5, 5.41) is 22.9. The first-order valence-electron chi connectivity index (χ1n) is 9.76. The van der Waals surface area contributed by atoms with E-state index in [1.165, 1.54) is 23.1 Å². The summed E-state index contributed by atoms with van der Waals surface area (Å²) in [5.74, 6) is 0.577. The molecule has 2 N–H and O–H groups in total. The highest BCUT2D eigenvalue weighted by atomic mass is 32.2. The summed E-state index contributed by atoms with van der Waals surface area (Å²) in [6, 6.07) is 24.3. The summed E-state index contributed by atoms with van der Waals surface area (Å²) in [5.41, 5.74) is 2.26. The quantitative estimate of drug-likeness (QED) is 0.348. The first-order valence-corrected chi connectivity index (χ1v) is 11.6. The summed E-state index contributed by atoms with van der Waals surface area (Å²) >= 11 is 2.71. The lowest BCUT2D eigenvalue weighted by atomic mass is 10.2. The number of amides is 1. The molecule has 32 heavy (non-hydrogen) atoms. The summed E-state index contributed by atoms with van der Waals surface area (Å²) in [4.78, 5) is 17.0. The molecule has 0 spiro atoms. The lowest BCUT2D eigenvalue weighted by molar-refractivity contribution is -0.113. The number of para-hydroxylation sites is 3. The number of phenols is 1. The van der Waals surface area contributed by atoms with Crippen molar-refractivity contribution < 1.29 is 9.90 Å². The van der Waals surface area contributed by atoms with Gasteiger partial charge in [0, 0.05) is 5.69 Å². The molecule has 2 heterocycles. The molecular formula is C23H17N5O2S2. The van der Waals surface area contributed by atoms with Crippen LogP contribution in [0.15, 0.2) is 84.0 Å². The Kier molecular flexibility index (Phi) is 5.57. The first kappa shape index (κ1) is 20.2. The average Bonchev–Trinajstić information content (AvgIpc) is 3.42. The number of carbonyl (C=O) groups excluding carboxylic acids is 1. The van der Waals surface area contributed by atoms with E-state index in [1.54, 1.807) is 18.2 Å². The summed E-state index contributed by atoms with van der Waals surface area (Å²) in [6.45, 7) is 0. The van der Waals surface area contributed by atoms with Gasteiger partial charge in [0.05, 0.1) is 21.5 Å². The SMILES string of the molecule is O=C(CSc1nnc(-c2ccccc2O)n1-c1ccccc1)Nc1nc2ccccc2s1. The molecule has 0 radical (unpaired) electrons. The number of phenolic OH excluding ortho intramolecular Hbond substituents is 1. The van der Waals surface area contributed by atoms with Crippen molar-refractivity contribution in [3.63, 3.8) is 0 Å². The molecule has 2 aromatic heterocycles. The minimum absolute atomic E-state index is 0.113. The topological polar surface area (TPSA) is 92.9 Å². The van der Waals surface area contributed by atoms with Crippen molar-refractivity contribution >= 4 is 44.4 Å². The number of anilines is 1. The largest absolute Gasteiger partial charge is 0.507 e. The van der Waals surface area contributed by atoms with Crippen LogP contribution in [0.25, 0.3) is 27.3 Å². The van der Waals surface area contributed by atoms with Crippen molar-refractivity contribution in [2.24, 2.45) is 0 Å². The third-order valence-electron chi connectivity index (χ3n) is 4.67. The van der Waals surface area contributed by atoms with Crippen LogP contribution in [0.2, 0.25) is 0 Å². The monoisotopic (exact) mass is 459 g/mol. The van der Waals surface area contributed by atoms with Gasteiger partial charge < -0.3 is 10.4 Å². The maximum atomic E-state index is 12.6. The van der Waals surface area contributed by atoms with E-state index >= 15 is 0 Å². The van der Waals surface area contributed by atoms with E-state index in [0.29, 0.717) is 21.7 Å². The zero-order valence-electron chi connectivity index (χ0n) is 16.7. The van der Waals surface area contributed by atoms with E-state index in [-0.39, 0.29) is 17.4 Å². The molecule has 0 aliphatic carbocycles. The summed E-state index contributed by atoms with van der Waals surface area (Å²) in [7, 11) is 0. The van der Waals surface area contributed by atoms with Gasteiger partial charge in [-0.3, -0.25) is 9.36 Å². The van der Waals surface area contributed by atoms with Gasteiger partial charge in [-0.25, -0.2) is 4.98 Å². The Morgan fingerprint density at radius 3 is 2.53 bits per heavy atom. The van der Waals surface area contributed by atoms with Gasteiger partial charge in [0.2, 0.25) is 5.91 Å². The van der Waals surface area contributed by atoms with Crippen LogP contribution in [0.4, 0.5) is 5.13 Å². The van der Waals surface area contributed by atoms with E-state index in [4.69, 9.17) is 0 Å². The zero-order valence-corrected chi connectivity index (χ0v) is 18.3. The van der Waals surface area contributed by atoms with Crippen LogP contribution in [-0.4, -0.2) is 36.5 Å². The Bertz CT molecular complexity index is 1370. The van der Waals surface area contributed by atoms with Gasteiger partial charge in [-0.15, -0.1) is 10.2 Å². The lowest BCUT2D eigenvalue weighted by Gasteiger charge is -2.11. The molecule has 1 amide bonds. The molecule has 0 saturated heterocycles. The Hall–Kier alpha value is -3.69. The molecule has 0 atom stereocenters. The fraction of sp³-hybridized carbons (Fsp3) is 0.0435. The average molecular weight is 460 g/mol. The number of aromatic nitrogens is 4. The van der Waals surface area contributed by atoms with Gasteiger partial charge in [0.15, 0.2) is 16.1 Å². The number of hydrogen-bond donors (Lipinski definition) is 2. The smallest absolute Gasteiger partial charge is 0.236 e. The Balaban J connectivity index is 1.40. The van der Waals surface area contributed by atoms with Crippen LogP contribution >= 0.6 is 23.1 Å². The van der Waals surface area contributed by atoms with Gasteiger partial charge >= 0.3 is 0 Å². The van der Waals surface area contributed by atoms with E-state index in [9.17, 15) is 9.90 Å². The van der Waals surface area contributed by atoms with Crippen molar-refractivity contribution in [3.8, 4) is 22.8 Å². The Morgan fingerprint density at radius 1 is 0.969 bits per heavy atom. The minimum Gasteiger partial charge on any atom is -0.507 e. The van der Waals surface area contributed by atoms with E-state index in [2.05, 4.69) is 20.5 Å². The number of benzene rings is 3. The van der Waals surface area contributed by atoms with Crippen LogP contribution in [0.1, 0.15) is 0 Å². The maximum absolute atomic E-state index is 12.6. The lowest BCUT2D eigenvalue weighted by Crippen LogP contribution is -2.14. The number of rotatable bonds is 6. The highest BCUT2D eigenvalue weighted by Gasteiger charge is 2.19. The minimum atomic E-state index is -0.180. The standard InChI is InChI=1S/C23H17N5O2S2/c29-18-12-6-4-10-16(18)21-26-27-23(28(21)15-8-2-1-3-9-15)31-14-20(30)25-22-24-17-11-5-7-13-19(17)32-22/h1-13,29H,14H2,(H,24,25,30). The second-order valence-corrected chi connectivity index (χ2v) is 8.79. The van der Waals surface area contributed by atoms with Crippen LogP contribution in [0.5, 0.6) is 5.75 Å². The van der Waals surface area contributed by atoms with Gasteiger partial charge in [-0.05, 0) is 36.4 Å². The van der Waals surface area contributed by atoms with Crippen LogP contribution < -0.4 is 5.32 Å². The molecule has 0 aliphatic rings. The maximum Gasteiger partial charge on any atom is 0.236 e. The second-order valence-electron chi connectivity index (χ2n) is 6.82. The molecule has 3 aromatic carbocycles. The number of nitrogens with one attached hydrogen (secondary N) is 1. The molecule has 7 nitrogen and oxygen atoms in total. The van der Waals surface area contributed by atoms with Crippen molar-refractivity contribution in [3.05, 3.63) is 78.9 Å². The number of thioether (sulfide) groups is 1. The van der Waals surface area contributed by atoms with Gasteiger partial charge in [-0.1, -0.05) is 65.6 Å². The van der Waals surface area contributed by atoms with E-state index in [1.807, 2.05) is 65.2 Å². The number of aromatic hydroxyl groups is 1. The highest BCUT2D eigenvalue weighted by molar-refractivity contribution is 7.99. The van der Waals surface area contributed by atoms with Gasteiger partial charge in [0.25, 0.3) is 0 Å². The number of fused-ring (bicyclic) bond motifs is 1. The molecule has 158 valence electrons. The Morgan fingerprint density at radius 2 is 1.72 bits per heavy atom. The van der Waals surface area contributed by atoms with E-state index in [0.717, 1.165) is 15.9 Å². The number of nitrogens with zero attached hydrogens (tertiary/aromatic N) is 4. The van der Waals surface area contributed by atoms with E-state index < -0.39 is 0 Å². The molecule has 5 aromatic rings. The fourth-order valence-electron chi connectivity index (χ4n) is 3.22. The molecule has 0 aliphatic heterocycles. The molecule has 0 fully saturated rings. The predicted molar refractivity (Wildman–Crippen MR) is 127 cm³/mol. The van der Waals surface area contributed by atoms with Crippen molar-refractivity contribution in [2.45, 2.75) is 5.16 Å². The Labute approximate surface area is 191 Å². The number of carbonyl (C=O) groups is 1. The molecule has 0 unspecified atom stereocenters. The first-order chi connectivity index (χ1) is 15.7. The van der Waals surface area contributed by atoms with Crippen LogP contribution in [0.3, 0.4) is 0 Å². The third kappa shape index (κ3) is 4.08. The zero-order chi connectivity index (χ0) is 21.9. The summed E-state index contributed by atoms with van der Waals surface area (Å²) in [6.07, 6.45) is 0. The molecule has 0 bridgehead atoms. The number of thiazole rings is 1. The predicted octanol–water partition coefficient (Wildman–Crippen LogP) is 4.98. The highest BCUT2D eigenvalue weighted by Crippen LogP contribution is 2.32. The van der Waals surface area contributed by atoms with Gasteiger partial charge in [-0.2, -0.15) is 0 Å². The third-order valence-corrected chi connectivity index (χ3v) is 6.55. The molecule has 0 saturated carbocycles. The van der Waals surface area contributed by atoms with Crippen molar-refractivity contribution in [1.82, 2.24) is 19.7 Å². The van der Waals surface area contributed by atoms with Gasteiger partial charge in [0.1, 0.15) is 5.75 Å². The molecule has 9 heteroatoms. The van der Waals surface area contributed by atoms with Crippen LogP contribution in [0, 0.1) is 0 Å². The number of hydrogen-bond acceptors (Lipinski definition) is 7. The van der Waals surface area contributed by atoms with Crippen LogP contribution in [-0.2, 0) is 4.79 Å². The molecule has 5 rings (SSSR count). The van der Waals surface area contributed by atoms with Crippen molar-refractivity contribution in [2.75, 3.05) is 11.1 Å². The van der Waals surface area contributed by atoms with Crippen molar-refractivity contribution in [1.29, 1.82) is 0 Å². The fourth-order valence-corrected chi connectivity index (χ4v) is 4.86. The molecular weight excluding hydrogens is 442 g/mol.